The van der Waals surface area contributed by atoms with Crippen molar-refractivity contribution in [2.24, 2.45) is 0 Å². The van der Waals surface area contributed by atoms with Gasteiger partial charge >= 0.3 is 18.2 Å². The van der Waals surface area contributed by atoms with E-state index in [-0.39, 0.29) is 26.2 Å². The van der Waals surface area contributed by atoms with E-state index >= 15 is 0 Å². The second-order valence-electron chi connectivity index (χ2n) is 11.9. The van der Waals surface area contributed by atoms with Crippen LogP contribution in [0.2, 0.25) is 0 Å². The number of ether oxygens (including phenoxy) is 2. The zero-order valence-electron chi connectivity index (χ0n) is 23.9. The minimum absolute atomic E-state index is 0.0618. The number of nitrogens with zero attached hydrogens (tertiary/aromatic N) is 2. The van der Waals surface area contributed by atoms with E-state index in [1.807, 2.05) is 30.3 Å². The van der Waals surface area contributed by atoms with Gasteiger partial charge in [-0.1, -0.05) is 68.9 Å². The second kappa shape index (κ2) is 15.1. The van der Waals surface area contributed by atoms with Crippen molar-refractivity contribution in [1.82, 2.24) is 15.1 Å². The van der Waals surface area contributed by atoms with Crippen LogP contribution >= 0.6 is 0 Å². The van der Waals surface area contributed by atoms with Crippen molar-refractivity contribution >= 4 is 18.2 Å². The number of aliphatic carboxylic acids is 1. The predicted molar refractivity (Wildman–Crippen MR) is 149 cm³/mol. The van der Waals surface area contributed by atoms with E-state index in [2.05, 4.69) is 5.32 Å². The predicted octanol–water partition coefficient (Wildman–Crippen LogP) is 5.57. The van der Waals surface area contributed by atoms with E-state index in [1.54, 1.807) is 20.8 Å². The summed E-state index contributed by atoms with van der Waals surface area (Å²) >= 11 is 0. The molecule has 1 aromatic carbocycles. The highest BCUT2D eigenvalue weighted by atomic mass is 16.6. The van der Waals surface area contributed by atoms with E-state index in [1.165, 1.54) is 69.1 Å². The molecule has 1 aliphatic heterocycles. The van der Waals surface area contributed by atoms with Crippen LogP contribution in [-0.2, 0) is 20.9 Å². The molecule has 0 bridgehead atoms. The minimum atomic E-state index is -1.20. The lowest BCUT2D eigenvalue weighted by Gasteiger charge is -2.39. The first-order valence-corrected chi connectivity index (χ1v) is 14.6. The normalized spacial score (nSPS) is 20.9. The Kier molecular flexibility index (Phi) is 11.9. The maximum atomic E-state index is 12.2. The van der Waals surface area contributed by atoms with Gasteiger partial charge in [-0.3, -0.25) is 4.90 Å². The lowest BCUT2D eigenvalue weighted by atomic mass is 9.91. The Bertz CT molecular complexity index is 891. The molecule has 0 spiro atoms. The summed E-state index contributed by atoms with van der Waals surface area (Å²) in [5.41, 5.74) is 0.106. The SMILES string of the molecule is C1CCC(NC2CCCCC2)CC1.CC(C)(C)OC(=O)N1CCN(C(=O)OCc2ccccc2)CC1C(=O)O. The Hall–Kier alpha value is -2.81. The summed E-state index contributed by atoms with van der Waals surface area (Å²) in [4.78, 5) is 38.4. The standard InChI is InChI=1S/C18H24N2O6.C12H23N/c1-18(2,3)26-17(24)20-10-9-19(11-14(20)15(21)22)16(23)25-12-13-7-5-4-6-8-13;1-3-7-11(8-4-1)13-12-9-5-2-6-10-12/h4-8,14H,9-12H2,1-3H3,(H,21,22);11-13H,1-10H2. The van der Waals surface area contributed by atoms with Crippen LogP contribution in [0.1, 0.15) is 90.5 Å². The van der Waals surface area contributed by atoms with E-state index in [4.69, 9.17) is 9.47 Å². The van der Waals surface area contributed by atoms with Crippen molar-refractivity contribution < 1.29 is 29.0 Å². The Labute approximate surface area is 233 Å². The quantitative estimate of drug-likeness (QED) is 0.498. The van der Waals surface area contributed by atoms with Crippen LogP contribution in [0, 0.1) is 0 Å². The van der Waals surface area contributed by atoms with Crippen molar-refractivity contribution in [3.63, 3.8) is 0 Å². The van der Waals surface area contributed by atoms with Crippen LogP contribution in [0.25, 0.3) is 0 Å². The number of carboxylic acid groups (broad SMARTS) is 1. The zero-order chi connectivity index (χ0) is 28.3. The zero-order valence-corrected chi connectivity index (χ0v) is 23.9. The number of rotatable bonds is 5. The number of piperazine rings is 1. The Morgan fingerprint density at radius 2 is 1.44 bits per heavy atom. The molecule has 3 fully saturated rings. The first-order valence-electron chi connectivity index (χ1n) is 14.6. The van der Waals surface area contributed by atoms with Gasteiger partial charge in [-0.2, -0.15) is 0 Å². The van der Waals surface area contributed by atoms with Gasteiger partial charge in [0.1, 0.15) is 12.2 Å². The maximum Gasteiger partial charge on any atom is 0.411 e. The summed E-state index contributed by atoms with van der Waals surface area (Å²) in [6.07, 6.45) is 13.3. The van der Waals surface area contributed by atoms with Crippen LogP contribution in [0.4, 0.5) is 9.59 Å². The number of carbonyl (C=O) groups excluding carboxylic acids is 2. The van der Waals surface area contributed by atoms with E-state index in [9.17, 15) is 19.5 Å². The molecule has 218 valence electrons. The second-order valence-corrected chi connectivity index (χ2v) is 11.9. The number of carboxylic acids is 1. The van der Waals surface area contributed by atoms with Crippen molar-refractivity contribution in [2.75, 3.05) is 19.6 Å². The number of carbonyl (C=O) groups is 3. The summed E-state index contributed by atoms with van der Waals surface area (Å²) < 4.78 is 10.5. The lowest BCUT2D eigenvalue weighted by Crippen LogP contribution is -2.60. The summed E-state index contributed by atoms with van der Waals surface area (Å²) in [5, 5.41) is 13.3. The fourth-order valence-corrected chi connectivity index (χ4v) is 5.38. The molecule has 2 saturated carbocycles. The van der Waals surface area contributed by atoms with Crippen LogP contribution in [0.5, 0.6) is 0 Å². The number of benzene rings is 1. The molecule has 39 heavy (non-hydrogen) atoms. The summed E-state index contributed by atoms with van der Waals surface area (Å²) in [7, 11) is 0. The minimum Gasteiger partial charge on any atom is -0.480 e. The third kappa shape index (κ3) is 10.7. The molecular formula is C30H47N3O6. The average Bonchev–Trinajstić information content (AvgIpc) is 2.92. The van der Waals surface area contributed by atoms with Gasteiger partial charge in [-0.05, 0) is 52.0 Å². The van der Waals surface area contributed by atoms with Gasteiger partial charge in [0.2, 0.25) is 0 Å². The van der Waals surface area contributed by atoms with Gasteiger partial charge < -0.3 is 24.8 Å². The molecule has 1 aromatic rings. The van der Waals surface area contributed by atoms with Gasteiger partial charge in [0.05, 0.1) is 6.54 Å². The maximum absolute atomic E-state index is 12.2. The smallest absolute Gasteiger partial charge is 0.411 e. The molecule has 9 nitrogen and oxygen atoms in total. The largest absolute Gasteiger partial charge is 0.480 e. The molecule has 2 N–H and O–H groups in total. The van der Waals surface area contributed by atoms with Gasteiger partial charge in [0.25, 0.3) is 0 Å². The number of hydrogen-bond donors (Lipinski definition) is 2. The fourth-order valence-electron chi connectivity index (χ4n) is 5.38. The van der Waals surface area contributed by atoms with Crippen molar-refractivity contribution in [2.45, 2.75) is 115 Å². The molecule has 1 atom stereocenters. The number of amides is 2. The van der Waals surface area contributed by atoms with Crippen molar-refractivity contribution in [1.29, 1.82) is 0 Å². The first-order chi connectivity index (χ1) is 18.6. The van der Waals surface area contributed by atoms with Crippen LogP contribution < -0.4 is 5.32 Å². The molecular weight excluding hydrogens is 498 g/mol. The van der Waals surface area contributed by atoms with Crippen LogP contribution in [-0.4, -0.2) is 76.4 Å². The Balaban J connectivity index is 0.000000268. The summed E-state index contributed by atoms with van der Waals surface area (Å²) in [6.45, 7) is 5.31. The van der Waals surface area contributed by atoms with Gasteiger partial charge in [0.15, 0.2) is 6.04 Å². The monoisotopic (exact) mass is 545 g/mol. The summed E-state index contributed by atoms with van der Waals surface area (Å²) in [6, 6.07) is 9.75. The fraction of sp³-hybridized carbons (Fsp3) is 0.700. The molecule has 2 aliphatic carbocycles. The first kappa shape index (κ1) is 30.7. The van der Waals surface area contributed by atoms with Gasteiger partial charge in [0, 0.05) is 25.2 Å². The van der Waals surface area contributed by atoms with Crippen molar-refractivity contribution in [3.8, 4) is 0 Å². The highest BCUT2D eigenvalue weighted by Gasteiger charge is 2.39. The van der Waals surface area contributed by atoms with E-state index in [0.717, 1.165) is 22.5 Å². The number of nitrogens with one attached hydrogen (secondary N) is 1. The Morgan fingerprint density at radius 1 is 0.872 bits per heavy atom. The van der Waals surface area contributed by atoms with Crippen LogP contribution in [0.15, 0.2) is 30.3 Å². The van der Waals surface area contributed by atoms with Gasteiger partial charge in [-0.15, -0.1) is 0 Å². The average molecular weight is 546 g/mol. The Morgan fingerprint density at radius 3 is 1.95 bits per heavy atom. The molecule has 0 aromatic heterocycles. The molecule has 9 heteroatoms. The molecule has 4 rings (SSSR count). The summed E-state index contributed by atoms with van der Waals surface area (Å²) in [5.74, 6) is -1.20. The third-order valence-corrected chi connectivity index (χ3v) is 7.44. The molecule has 1 heterocycles. The third-order valence-electron chi connectivity index (χ3n) is 7.44. The molecule has 1 unspecified atom stereocenters. The highest BCUT2D eigenvalue weighted by molar-refractivity contribution is 5.82. The molecule has 2 amide bonds. The van der Waals surface area contributed by atoms with E-state index in [0.29, 0.717) is 0 Å². The van der Waals surface area contributed by atoms with Crippen molar-refractivity contribution in [3.05, 3.63) is 35.9 Å². The highest BCUT2D eigenvalue weighted by Crippen LogP contribution is 2.22. The lowest BCUT2D eigenvalue weighted by molar-refractivity contribution is -0.145. The molecule has 3 aliphatic rings. The van der Waals surface area contributed by atoms with E-state index < -0.39 is 29.8 Å². The van der Waals surface area contributed by atoms with Crippen LogP contribution in [0.3, 0.4) is 0 Å². The molecule has 0 radical (unpaired) electrons. The number of hydrogen-bond acceptors (Lipinski definition) is 6. The van der Waals surface area contributed by atoms with Gasteiger partial charge in [-0.25, -0.2) is 14.4 Å². The molecule has 1 saturated heterocycles. The topological polar surface area (TPSA) is 108 Å².